The zero-order valence-electron chi connectivity index (χ0n) is 10.7. The van der Waals surface area contributed by atoms with Gasteiger partial charge in [-0.05, 0) is 30.9 Å². The van der Waals surface area contributed by atoms with Crippen molar-refractivity contribution >= 4 is 11.6 Å². The van der Waals surface area contributed by atoms with Crippen molar-refractivity contribution in [2.45, 2.75) is 25.7 Å². The van der Waals surface area contributed by atoms with Crippen molar-refractivity contribution in [3.8, 4) is 0 Å². The van der Waals surface area contributed by atoms with Crippen LogP contribution < -0.4 is 11.3 Å². The predicted molar refractivity (Wildman–Crippen MR) is 71.0 cm³/mol. The molecule has 0 radical (unpaired) electrons. The number of nitrogens with two attached hydrogens (primary N) is 1. The molecule has 3 N–H and O–H groups in total. The molecule has 0 spiro atoms. The number of carbonyl (C=O) groups is 1. The first-order valence-corrected chi connectivity index (χ1v) is 6.39. The van der Waals surface area contributed by atoms with Crippen LogP contribution in [0.1, 0.15) is 36.2 Å². The second-order valence-electron chi connectivity index (χ2n) is 4.91. The third-order valence-corrected chi connectivity index (χ3v) is 3.50. The van der Waals surface area contributed by atoms with Gasteiger partial charge in [-0.3, -0.25) is 10.6 Å². The van der Waals surface area contributed by atoms with E-state index in [2.05, 4.69) is 10.4 Å². The first-order valence-electron chi connectivity index (χ1n) is 6.39. The molecular formula is C13H20N4O. The molecule has 1 amide bonds. The minimum atomic E-state index is -0.0227. The zero-order chi connectivity index (χ0) is 13.0. The van der Waals surface area contributed by atoms with Crippen LogP contribution in [0.5, 0.6) is 0 Å². The van der Waals surface area contributed by atoms with E-state index in [-0.39, 0.29) is 5.91 Å². The smallest absolute Gasteiger partial charge is 0.272 e. The fraction of sp³-hybridized carbons (Fsp3) is 0.538. The molecule has 1 saturated carbocycles. The number of hydrazine groups is 1. The molecule has 1 aromatic rings. The van der Waals surface area contributed by atoms with E-state index in [0.29, 0.717) is 17.3 Å². The highest BCUT2D eigenvalue weighted by molar-refractivity contribution is 5.92. The summed E-state index contributed by atoms with van der Waals surface area (Å²) in [6, 6.07) is 3.45. The summed E-state index contributed by atoms with van der Waals surface area (Å²) in [5, 5.41) is 0. The molecule has 0 aromatic carbocycles. The number of carbonyl (C=O) groups excluding carboxylic acids is 1. The average Bonchev–Trinajstić information content (AvgIpc) is 2.91. The third kappa shape index (κ3) is 2.98. The Morgan fingerprint density at radius 3 is 2.78 bits per heavy atom. The van der Waals surface area contributed by atoms with Crippen molar-refractivity contribution in [2.75, 3.05) is 19.0 Å². The number of hydrogen-bond acceptors (Lipinski definition) is 4. The van der Waals surface area contributed by atoms with E-state index in [0.717, 1.165) is 6.54 Å². The lowest BCUT2D eigenvalue weighted by molar-refractivity contribution is 0.0767. The highest BCUT2D eigenvalue weighted by atomic mass is 16.2. The molecule has 5 heteroatoms. The normalized spacial score (nSPS) is 15.7. The largest absolute Gasteiger partial charge is 0.340 e. The lowest BCUT2D eigenvalue weighted by Gasteiger charge is -2.20. The zero-order valence-corrected chi connectivity index (χ0v) is 10.7. The van der Waals surface area contributed by atoms with E-state index in [1.807, 2.05) is 7.05 Å². The Morgan fingerprint density at radius 2 is 2.22 bits per heavy atom. The SMILES string of the molecule is CN(CC1CCCC1)C(=O)c1ccc(NN)cn1. The van der Waals surface area contributed by atoms with E-state index in [9.17, 15) is 4.79 Å². The number of nitrogens with one attached hydrogen (secondary N) is 1. The maximum atomic E-state index is 12.1. The number of anilines is 1. The highest BCUT2D eigenvalue weighted by Gasteiger charge is 2.20. The van der Waals surface area contributed by atoms with Gasteiger partial charge in [0.25, 0.3) is 5.91 Å². The molecule has 1 aromatic heterocycles. The van der Waals surface area contributed by atoms with Gasteiger partial charge in [0.1, 0.15) is 5.69 Å². The summed E-state index contributed by atoms with van der Waals surface area (Å²) < 4.78 is 0. The van der Waals surface area contributed by atoms with Crippen molar-refractivity contribution < 1.29 is 4.79 Å². The standard InChI is InChI=1S/C13H20N4O/c1-17(9-10-4-2-3-5-10)13(18)12-7-6-11(16-14)8-15-12/h6-8,10,16H,2-5,9,14H2,1H3. The number of aromatic nitrogens is 1. The molecule has 0 saturated heterocycles. The van der Waals surface area contributed by atoms with Gasteiger partial charge in [0.2, 0.25) is 0 Å². The summed E-state index contributed by atoms with van der Waals surface area (Å²) in [7, 11) is 1.84. The average molecular weight is 248 g/mol. The molecule has 0 bridgehead atoms. The molecule has 1 aliphatic carbocycles. The molecule has 98 valence electrons. The van der Waals surface area contributed by atoms with E-state index in [1.54, 1.807) is 23.2 Å². The Kier molecular flexibility index (Phi) is 4.15. The molecule has 1 aliphatic rings. The van der Waals surface area contributed by atoms with E-state index in [4.69, 9.17) is 5.84 Å². The van der Waals surface area contributed by atoms with Crippen LogP contribution in [0.3, 0.4) is 0 Å². The van der Waals surface area contributed by atoms with E-state index in [1.165, 1.54) is 25.7 Å². The topological polar surface area (TPSA) is 71.2 Å². The van der Waals surface area contributed by atoms with Crippen LogP contribution in [-0.4, -0.2) is 29.4 Å². The quantitative estimate of drug-likeness (QED) is 0.627. The Labute approximate surface area is 107 Å². The van der Waals surface area contributed by atoms with Gasteiger partial charge in [0.15, 0.2) is 0 Å². The molecule has 0 unspecified atom stereocenters. The fourth-order valence-corrected chi connectivity index (χ4v) is 2.46. The second kappa shape index (κ2) is 5.82. The molecule has 0 aliphatic heterocycles. The second-order valence-corrected chi connectivity index (χ2v) is 4.91. The maximum absolute atomic E-state index is 12.1. The van der Waals surface area contributed by atoms with Gasteiger partial charge in [0, 0.05) is 13.6 Å². The summed E-state index contributed by atoms with van der Waals surface area (Å²) in [5.41, 5.74) is 3.66. The highest BCUT2D eigenvalue weighted by Crippen LogP contribution is 2.25. The van der Waals surface area contributed by atoms with Crippen LogP contribution >= 0.6 is 0 Å². The van der Waals surface area contributed by atoms with Crippen molar-refractivity contribution in [3.05, 3.63) is 24.0 Å². The summed E-state index contributed by atoms with van der Waals surface area (Å²) in [6.07, 6.45) is 6.63. The van der Waals surface area contributed by atoms with Gasteiger partial charge in [-0.1, -0.05) is 12.8 Å². The van der Waals surface area contributed by atoms with Crippen molar-refractivity contribution in [2.24, 2.45) is 11.8 Å². The fourth-order valence-electron chi connectivity index (χ4n) is 2.46. The minimum Gasteiger partial charge on any atom is -0.340 e. The van der Waals surface area contributed by atoms with Crippen molar-refractivity contribution in [3.63, 3.8) is 0 Å². The van der Waals surface area contributed by atoms with Crippen molar-refractivity contribution in [1.29, 1.82) is 0 Å². The Balaban J connectivity index is 1.95. The van der Waals surface area contributed by atoms with Crippen LogP contribution in [0.4, 0.5) is 5.69 Å². The number of nitrogens with zero attached hydrogens (tertiary/aromatic N) is 2. The molecule has 2 rings (SSSR count). The number of hydrogen-bond donors (Lipinski definition) is 2. The number of rotatable bonds is 4. The lowest BCUT2D eigenvalue weighted by atomic mass is 10.1. The molecule has 5 nitrogen and oxygen atoms in total. The number of pyridine rings is 1. The summed E-state index contributed by atoms with van der Waals surface area (Å²) >= 11 is 0. The maximum Gasteiger partial charge on any atom is 0.272 e. The Bertz CT molecular complexity index is 398. The summed E-state index contributed by atoms with van der Waals surface area (Å²) in [6.45, 7) is 0.831. The molecule has 1 fully saturated rings. The van der Waals surface area contributed by atoms with Crippen molar-refractivity contribution in [1.82, 2.24) is 9.88 Å². The monoisotopic (exact) mass is 248 g/mol. The van der Waals surface area contributed by atoms with Gasteiger partial charge in [0.05, 0.1) is 11.9 Å². The predicted octanol–water partition coefficient (Wildman–Crippen LogP) is 1.63. The van der Waals surface area contributed by atoms with Crippen LogP contribution in [0, 0.1) is 5.92 Å². The summed E-state index contributed by atoms with van der Waals surface area (Å²) in [5.74, 6) is 5.89. The lowest BCUT2D eigenvalue weighted by Crippen LogP contribution is -2.31. The Hall–Kier alpha value is -1.62. The van der Waals surface area contributed by atoms with Gasteiger partial charge < -0.3 is 10.3 Å². The van der Waals surface area contributed by atoms with Gasteiger partial charge in [-0.2, -0.15) is 0 Å². The van der Waals surface area contributed by atoms with E-state index >= 15 is 0 Å². The minimum absolute atomic E-state index is 0.0227. The first-order chi connectivity index (χ1) is 8.70. The van der Waals surface area contributed by atoms with Gasteiger partial charge >= 0.3 is 0 Å². The van der Waals surface area contributed by atoms with Crippen LogP contribution in [0.2, 0.25) is 0 Å². The first kappa shape index (κ1) is 12.8. The summed E-state index contributed by atoms with van der Waals surface area (Å²) in [4.78, 5) is 18.0. The number of nitrogen functional groups attached to an aromatic ring is 1. The molecule has 1 heterocycles. The molecule has 18 heavy (non-hydrogen) atoms. The third-order valence-electron chi connectivity index (χ3n) is 3.50. The Morgan fingerprint density at radius 1 is 1.50 bits per heavy atom. The molecular weight excluding hydrogens is 228 g/mol. The molecule has 0 atom stereocenters. The van der Waals surface area contributed by atoms with Crippen LogP contribution in [0.15, 0.2) is 18.3 Å². The van der Waals surface area contributed by atoms with E-state index < -0.39 is 0 Å². The van der Waals surface area contributed by atoms with Gasteiger partial charge in [-0.25, -0.2) is 4.98 Å². The van der Waals surface area contributed by atoms with Crippen LogP contribution in [0.25, 0.3) is 0 Å². The van der Waals surface area contributed by atoms with Gasteiger partial charge in [-0.15, -0.1) is 0 Å². The van der Waals surface area contributed by atoms with Crippen LogP contribution in [-0.2, 0) is 0 Å². The number of amides is 1.